The molecule has 0 saturated heterocycles. The van der Waals surface area contributed by atoms with Crippen molar-refractivity contribution >= 4 is 47.2 Å². The first-order valence-electron chi connectivity index (χ1n) is 11.6. The molecule has 0 aliphatic heterocycles. The second-order valence-electron chi connectivity index (χ2n) is 8.61. The molecule has 0 bridgehead atoms. The SMILES string of the molecule is CSCCC(N)C(=O)NC(CCSC)C(=O)NC(CCCCN)C(=O)NC(CC(C)C)C(=O)O. The summed E-state index contributed by atoms with van der Waals surface area (Å²) < 4.78 is 0. The van der Waals surface area contributed by atoms with Gasteiger partial charge >= 0.3 is 5.97 Å². The average Bonchev–Trinajstić information content (AvgIpc) is 2.78. The number of carboxylic acid groups (broad SMARTS) is 1. The molecule has 0 aliphatic rings. The second-order valence-corrected chi connectivity index (χ2v) is 10.6. The number of unbranched alkanes of at least 4 members (excludes halogenated alkanes) is 1. The highest BCUT2D eigenvalue weighted by Gasteiger charge is 2.30. The molecule has 8 N–H and O–H groups in total. The fraction of sp³-hybridized carbons (Fsp3) is 0.818. The Morgan fingerprint density at radius 1 is 0.794 bits per heavy atom. The van der Waals surface area contributed by atoms with Crippen LogP contribution in [0.15, 0.2) is 0 Å². The van der Waals surface area contributed by atoms with Gasteiger partial charge in [0.1, 0.15) is 18.1 Å². The molecule has 0 radical (unpaired) electrons. The van der Waals surface area contributed by atoms with Gasteiger partial charge in [-0.2, -0.15) is 23.5 Å². The molecule has 10 nitrogen and oxygen atoms in total. The van der Waals surface area contributed by atoms with Crippen LogP contribution in [0.1, 0.15) is 52.4 Å². The molecule has 0 spiro atoms. The molecule has 12 heteroatoms. The zero-order valence-corrected chi connectivity index (χ0v) is 22.4. The van der Waals surface area contributed by atoms with Gasteiger partial charge in [-0.1, -0.05) is 13.8 Å². The number of thioether (sulfide) groups is 2. The number of aliphatic carboxylic acids is 1. The van der Waals surface area contributed by atoms with Crippen LogP contribution in [0.2, 0.25) is 0 Å². The van der Waals surface area contributed by atoms with E-state index in [1.807, 2.05) is 26.4 Å². The van der Waals surface area contributed by atoms with Crippen LogP contribution in [0.5, 0.6) is 0 Å². The third-order valence-corrected chi connectivity index (χ3v) is 6.40. The van der Waals surface area contributed by atoms with Gasteiger partial charge < -0.3 is 32.5 Å². The van der Waals surface area contributed by atoms with E-state index in [1.54, 1.807) is 11.8 Å². The normalized spacial score (nSPS) is 14.7. The molecular formula is C22H43N5O5S2. The van der Waals surface area contributed by atoms with Crippen molar-refractivity contribution in [1.82, 2.24) is 16.0 Å². The van der Waals surface area contributed by atoms with Crippen molar-refractivity contribution in [1.29, 1.82) is 0 Å². The number of nitrogens with one attached hydrogen (secondary N) is 3. The van der Waals surface area contributed by atoms with Crippen LogP contribution in [0, 0.1) is 5.92 Å². The first-order valence-corrected chi connectivity index (χ1v) is 14.4. The van der Waals surface area contributed by atoms with Gasteiger partial charge in [-0.3, -0.25) is 14.4 Å². The van der Waals surface area contributed by atoms with Gasteiger partial charge in [0, 0.05) is 0 Å². The minimum absolute atomic E-state index is 0.0631. The summed E-state index contributed by atoms with van der Waals surface area (Å²) in [5.41, 5.74) is 11.5. The number of carboxylic acids is 1. The average molecular weight is 522 g/mol. The van der Waals surface area contributed by atoms with Crippen LogP contribution in [0.4, 0.5) is 0 Å². The van der Waals surface area contributed by atoms with Crippen molar-refractivity contribution in [2.45, 2.75) is 76.5 Å². The van der Waals surface area contributed by atoms with Crippen molar-refractivity contribution in [3.05, 3.63) is 0 Å². The molecule has 4 atom stereocenters. The molecular weight excluding hydrogens is 478 g/mol. The minimum atomic E-state index is -1.13. The predicted octanol–water partition coefficient (Wildman–Crippen LogP) is 0.534. The van der Waals surface area contributed by atoms with E-state index in [2.05, 4.69) is 16.0 Å². The highest BCUT2D eigenvalue weighted by atomic mass is 32.2. The maximum atomic E-state index is 13.1. The van der Waals surface area contributed by atoms with E-state index in [9.17, 15) is 24.3 Å². The van der Waals surface area contributed by atoms with Crippen molar-refractivity contribution in [2.75, 3.05) is 30.6 Å². The summed E-state index contributed by atoms with van der Waals surface area (Å²) in [6.45, 7) is 4.17. The van der Waals surface area contributed by atoms with Crippen LogP contribution in [0.3, 0.4) is 0 Å². The van der Waals surface area contributed by atoms with E-state index >= 15 is 0 Å². The zero-order chi connectivity index (χ0) is 26.1. The van der Waals surface area contributed by atoms with Gasteiger partial charge in [0.25, 0.3) is 0 Å². The molecule has 34 heavy (non-hydrogen) atoms. The Kier molecular flexibility index (Phi) is 18.0. The maximum absolute atomic E-state index is 13.1. The van der Waals surface area contributed by atoms with E-state index in [0.29, 0.717) is 44.4 Å². The number of nitrogens with two attached hydrogens (primary N) is 2. The molecule has 0 rings (SSSR count). The fourth-order valence-corrected chi connectivity index (χ4v) is 4.12. The summed E-state index contributed by atoms with van der Waals surface area (Å²) in [4.78, 5) is 50.1. The van der Waals surface area contributed by atoms with Gasteiger partial charge in [0.15, 0.2) is 0 Å². The molecule has 0 aromatic rings. The van der Waals surface area contributed by atoms with Gasteiger partial charge in [-0.05, 0) is 75.0 Å². The number of carbonyl (C=O) groups excluding carboxylic acids is 3. The van der Waals surface area contributed by atoms with Crippen molar-refractivity contribution in [3.8, 4) is 0 Å². The highest BCUT2D eigenvalue weighted by molar-refractivity contribution is 7.98. The van der Waals surface area contributed by atoms with Gasteiger partial charge in [-0.15, -0.1) is 0 Å². The van der Waals surface area contributed by atoms with Crippen LogP contribution < -0.4 is 27.4 Å². The van der Waals surface area contributed by atoms with Crippen LogP contribution in [-0.4, -0.2) is 83.5 Å². The van der Waals surface area contributed by atoms with Crippen molar-refractivity contribution in [2.24, 2.45) is 17.4 Å². The van der Waals surface area contributed by atoms with E-state index < -0.39 is 47.9 Å². The van der Waals surface area contributed by atoms with Crippen molar-refractivity contribution < 1.29 is 24.3 Å². The number of rotatable bonds is 19. The van der Waals surface area contributed by atoms with Gasteiger partial charge in [0.05, 0.1) is 6.04 Å². The summed E-state index contributed by atoms with van der Waals surface area (Å²) >= 11 is 3.11. The third kappa shape index (κ3) is 14.0. The van der Waals surface area contributed by atoms with E-state index in [-0.39, 0.29) is 12.3 Å². The van der Waals surface area contributed by atoms with E-state index in [0.717, 1.165) is 5.75 Å². The monoisotopic (exact) mass is 521 g/mol. The van der Waals surface area contributed by atoms with Gasteiger partial charge in [0.2, 0.25) is 17.7 Å². The number of hydrogen-bond acceptors (Lipinski definition) is 8. The smallest absolute Gasteiger partial charge is 0.326 e. The summed E-state index contributed by atoms with van der Waals surface area (Å²) in [7, 11) is 0. The molecule has 0 aromatic carbocycles. The first-order chi connectivity index (χ1) is 16.1. The lowest BCUT2D eigenvalue weighted by Crippen LogP contribution is -2.57. The molecule has 198 valence electrons. The molecule has 0 heterocycles. The number of amides is 3. The Hall–Kier alpha value is -1.50. The Labute approximate surface area is 211 Å². The molecule has 3 amide bonds. The highest BCUT2D eigenvalue weighted by Crippen LogP contribution is 2.09. The standard InChI is InChI=1S/C22H43N5O5S2/c1-14(2)13-18(22(31)32)27-20(29)16(7-5-6-10-23)26-21(30)17(9-12-34-4)25-19(28)15(24)8-11-33-3/h14-18H,5-13,23-24H2,1-4H3,(H,25,28)(H,26,30)(H,27,29)(H,31,32). The predicted molar refractivity (Wildman–Crippen MR) is 140 cm³/mol. The fourth-order valence-electron chi connectivity index (χ4n) is 3.16. The second kappa shape index (κ2) is 18.8. The summed E-state index contributed by atoms with van der Waals surface area (Å²) in [5.74, 6) is -1.19. The Balaban J connectivity index is 5.42. The first kappa shape index (κ1) is 32.5. The van der Waals surface area contributed by atoms with Crippen molar-refractivity contribution in [3.63, 3.8) is 0 Å². The lowest BCUT2D eigenvalue weighted by Gasteiger charge is -2.25. The van der Waals surface area contributed by atoms with Crippen LogP contribution >= 0.6 is 23.5 Å². The summed E-state index contributed by atoms with van der Waals surface area (Å²) in [6.07, 6.45) is 6.49. The lowest BCUT2D eigenvalue weighted by atomic mass is 10.0. The topological polar surface area (TPSA) is 177 Å². The zero-order valence-electron chi connectivity index (χ0n) is 20.8. The summed E-state index contributed by atoms with van der Waals surface area (Å²) in [5, 5.41) is 17.4. The van der Waals surface area contributed by atoms with Crippen LogP contribution in [-0.2, 0) is 19.2 Å². The summed E-state index contributed by atoms with van der Waals surface area (Å²) in [6, 6.07) is -3.57. The molecule has 0 aromatic heterocycles. The molecule has 0 aliphatic carbocycles. The van der Waals surface area contributed by atoms with Gasteiger partial charge in [-0.25, -0.2) is 4.79 Å². The van der Waals surface area contributed by atoms with E-state index in [4.69, 9.17) is 11.5 Å². The Morgan fingerprint density at radius 3 is 1.79 bits per heavy atom. The maximum Gasteiger partial charge on any atom is 0.326 e. The van der Waals surface area contributed by atoms with Crippen LogP contribution in [0.25, 0.3) is 0 Å². The largest absolute Gasteiger partial charge is 0.480 e. The molecule has 0 fully saturated rings. The molecule has 0 saturated carbocycles. The molecule has 4 unspecified atom stereocenters. The minimum Gasteiger partial charge on any atom is -0.480 e. The number of hydrogen-bond donors (Lipinski definition) is 6. The quantitative estimate of drug-likeness (QED) is 0.132. The number of carbonyl (C=O) groups is 4. The lowest BCUT2D eigenvalue weighted by molar-refractivity contribution is -0.142. The third-order valence-electron chi connectivity index (χ3n) is 5.11. The van der Waals surface area contributed by atoms with E-state index in [1.165, 1.54) is 11.8 Å². The Bertz CT molecular complexity index is 639. The Morgan fingerprint density at radius 2 is 1.29 bits per heavy atom.